The van der Waals surface area contributed by atoms with Gasteiger partial charge in [0.1, 0.15) is 11.5 Å². The monoisotopic (exact) mass is 357 g/mol. The Morgan fingerprint density at radius 2 is 2.11 bits per heavy atom. The van der Waals surface area contributed by atoms with E-state index in [9.17, 15) is 0 Å². The quantitative estimate of drug-likeness (QED) is 0.855. The van der Waals surface area contributed by atoms with Gasteiger partial charge in [0, 0.05) is 19.8 Å². The Kier molecular flexibility index (Phi) is 4.15. The molecule has 0 atom stereocenters. The molecule has 0 bridgehead atoms. The summed E-state index contributed by atoms with van der Waals surface area (Å²) in [6.07, 6.45) is 2.65. The fourth-order valence-corrected chi connectivity index (χ4v) is 2.53. The molecule has 0 unspecified atom stereocenters. The number of nitrogens with one attached hydrogen (secondary N) is 1. The molecule has 0 fully saturated rings. The van der Waals surface area contributed by atoms with Crippen molar-refractivity contribution in [3.8, 4) is 11.5 Å². The number of nitrogens with zero attached hydrogens (tertiary/aromatic N) is 4. The minimum absolute atomic E-state index is 0.725. The molecule has 2 rings (SSSR count). The smallest absolute Gasteiger partial charge is 0.180 e. The van der Waals surface area contributed by atoms with E-state index in [1.165, 1.54) is 0 Å². The summed E-state index contributed by atoms with van der Waals surface area (Å²) < 4.78 is 2.89. The Morgan fingerprint density at radius 1 is 1.33 bits per heavy atom. The molecule has 5 nitrogen and oxygen atoms in total. The lowest BCUT2D eigenvalue weighted by atomic mass is 10.3. The fraction of sp³-hybridized carbons (Fsp3) is 0.417. The van der Waals surface area contributed by atoms with E-state index in [2.05, 4.69) is 56.8 Å². The topological polar surface area (TPSA) is 55.6 Å². The van der Waals surface area contributed by atoms with E-state index in [1.54, 1.807) is 10.9 Å². The van der Waals surface area contributed by atoms with Crippen LogP contribution in [0.3, 0.4) is 0 Å². The molecular weight excluding hydrogens is 341 g/mol. The molecule has 0 saturated heterocycles. The number of aryl methyl sites for hydroxylation is 2. The van der Waals surface area contributed by atoms with Crippen LogP contribution in [-0.4, -0.2) is 26.3 Å². The highest BCUT2D eigenvalue weighted by atomic mass is 127. The van der Waals surface area contributed by atoms with Crippen LogP contribution in [0.5, 0.6) is 0 Å². The summed E-state index contributed by atoms with van der Waals surface area (Å²) in [6.45, 7) is 5.02. The second kappa shape index (κ2) is 5.64. The van der Waals surface area contributed by atoms with Crippen LogP contribution < -0.4 is 5.32 Å². The average Bonchev–Trinajstić information content (AvgIpc) is 2.78. The van der Waals surface area contributed by atoms with E-state index in [0.717, 1.165) is 39.6 Å². The molecule has 2 heterocycles. The number of anilines is 1. The minimum atomic E-state index is 0.725. The molecule has 0 radical (unpaired) electrons. The molecule has 0 aliphatic carbocycles. The van der Waals surface area contributed by atoms with Crippen molar-refractivity contribution in [3.05, 3.63) is 21.5 Å². The van der Waals surface area contributed by atoms with Gasteiger partial charge in [-0.05, 0) is 42.0 Å². The Hall–Kier alpha value is -1.18. The summed E-state index contributed by atoms with van der Waals surface area (Å²) in [5, 5.41) is 7.45. The lowest BCUT2D eigenvalue weighted by Crippen LogP contribution is -2.08. The highest BCUT2D eigenvalue weighted by molar-refractivity contribution is 14.1. The molecule has 1 N–H and O–H groups in total. The van der Waals surface area contributed by atoms with Crippen molar-refractivity contribution in [2.45, 2.75) is 20.3 Å². The SMILES string of the molecule is CCNc1nc(-c2ccnn2C)nc(CC)c1I. The van der Waals surface area contributed by atoms with Gasteiger partial charge in [0.25, 0.3) is 0 Å². The number of halogens is 1. The molecule has 0 saturated carbocycles. The summed E-state index contributed by atoms with van der Waals surface area (Å²) in [6, 6.07) is 1.93. The first-order valence-electron chi connectivity index (χ1n) is 5.96. The minimum Gasteiger partial charge on any atom is -0.369 e. The van der Waals surface area contributed by atoms with Gasteiger partial charge in [-0.15, -0.1) is 0 Å². The van der Waals surface area contributed by atoms with E-state index in [4.69, 9.17) is 0 Å². The van der Waals surface area contributed by atoms with E-state index in [1.807, 2.05) is 13.1 Å². The van der Waals surface area contributed by atoms with Crippen LogP contribution in [-0.2, 0) is 13.5 Å². The first kappa shape index (κ1) is 13.3. The van der Waals surface area contributed by atoms with Crippen LogP contribution in [0.4, 0.5) is 5.82 Å². The van der Waals surface area contributed by atoms with E-state index < -0.39 is 0 Å². The summed E-state index contributed by atoms with van der Waals surface area (Å²) in [5.41, 5.74) is 2.00. The van der Waals surface area contributed by atoms with Crippen LogP contribution in [0.25, 0.3) is 11.5 Å². The molecule has 0 amide bonds. The zero-order chi connectivity index (χ0) is 13.1. The predicted molar refractivity (Wildman–Crippen MR) is 80.5 cm³/mol. The molecule has 0 aliphatic rings. The maximum Gasteiger partial charge on any atom is 0.180 e. The van der Waals surface area contributed by atoms with Crippen molar-refractivity contribution < 1.29 is 0 Å². The van der Waals surface area contributed by atoms with Crippen LogP contribution in [0.15, 0.2) is 12.3 Å². The molecule has 2 aromatic rings. The highest BCUT2D eigenvalue weighted by Gasteiger charge is 2.13. The average molecular weight is 357 g/mol. The third-order valence-corrected chi connectivity index (χ3v) is 3.78. The van der Waals surface area contributed by atoms with Crippen molar-refractivity contribution >= 4 is 28.4 Å². The zero-order valence-corrected chi connectivity index (χ0v) is 12.9. The van der Waals surface area contributed by atoms with Gasteiger partial charge in [-0.3, -0.25) is 4.68 Å². The second-order valence-electron chi connectivity index (χ2n) is 3.88. The zero-order valence-electron chi connectivity index (χ0n) is 10.7. The maximum absolute atomic E-state index is 4.62. The van der Waals surface area contributed by atoms with Crippen LogP contribution >= 0.6 is 22.6 Å². The van der Waals surface area contributed by atoms with Gasteiger partial charge in [0.2, 0.25) is 0 Å². The van der Waals surface area contributed by atoms with Crippen molar-refractivity contribution in [1.82, 2.24) is 19.7 Å². The van der Waals surface area contributed by atoms with E-state index in [0.29, 0.717) is 0 Å². The summed E-state index contributed by atoms with van der Waals surface area (Å²) in [7, 11) is 1.90. The lowest BCUT2D eigenvalue weighted by molar-refractivity contribution is 0.768. The van der Waals surface area contributed by atoms with Crippen molar-refractivity contribution in [1.29, 1.82) is 0 Å². The Morgan fingerprint density at radius 3 is 2.67 bits per heavy atom. The van der Waals surface area contributed by atoms with Crippen molar-refractivity contribution in [2.75, 3.05) is 11.9 Å². The molecule has 0 aromatic carbocycles. The van der Waals surface area contributed by atoms with Crippen LogP contribution in [0.2, 0.25) is 0 Å². The van der Waals surface area contributed by atoms with E-state index >= 15 is 0 Å². The number of hydrogen-bond acceptors (Lipinski definition) is 4. The van der Waals surface area contributed by atoms with Gasteiger partial charge < -0.3 is 5.32 Å². The molecule has 96 valence electrons. The third-order valence-electron chi connectivity index (χ3n) is 2.65. The molecule has 0 spiro atoms. The van der Waals surface area contributed by atoms with Gasteiger partial charge in [0.15, 0.2) is 5.82 Å². The Labute approximate surface area is 120 Å². The first-order valence-corrected chi connectivity index (χ1v) is 7.03. The molecule has 0 aliphatic heterocycles. The number of rotatable bonds is 4. The molecule has 2 aromatic heterocycles. The summed E-state index contributed by atoms with van der Waals surface area (Å²) in [5.74, 6) is 1.63. The fourth-order valence-electron chi connectivity index (χ4n) is 1.72. The van der Waals surface area contributed by atoms with Crippen LogP contribution in [0.1, 0.15) is 19.5 Å². The van der Waals surface area contributed by atoms with Crippen molar-refractivity contribution in [3.63, 3.8) is 0 Å². The van der Waals surface area contributed by atoms with Crippen LogP contribution in [0, 0.1) is 3.57 Å². The predicted octanol–water partition coefficient (Wildman–Crippen LogP) is 2.48. The molecular formula is C12H16IN5. The van der Waals surface area contributed by atoms with Gasteiger partial charge in [-0.2, -0.15) is 5.10 Å². The standard InChI is InChI=1S/C12H16IN5/c1-4-8-10(13)12(14-5-2)17-11(16-8)9-6-7-15-18(9)3/h6-7H,4-5H2,1-3H3,(H,14,16,17). The van der Waals surface area contributed by atoms with E-state index in [-0.39, 0.29) is 0 Å². The van der Waals surface area contributed by atoms with Crippen molar-refractivity contribution in [2.24, 2.45) is 7.05 Å². The largest absolute Gasteiger partial charge is 0.369 e. The van der Waals surface area contributed by atoms with Gasteiger partial charge >= 0.3 is 0 Å². The van der Waals surface area contributed by atoms with Gasteiger partial charge in [0.05, 0.1) is 9.26 Å². The molecule has 6 heteroatoms. The number of hydrogen-bond donors (Lipinski definition) is 1. The first-order chi connectivity index (χ1) is 8.67. The Bertz CT molecular complexity index is 549. The third kappa shape index (κ3) is 2.47. The highest BCUT2D eigenvalue weighted by Crippen LogP contribution is 2.23. The second-order valence-corrected chi connectivity index (χ2v) is 4.96. The maximum atomic E-state index is 4.62. The summed E-state index contributed by atoms with van der Waals surface area (Å²) in [4.78, 5) is 9.20. The number of aromatic nitrogens is 4. The Balaban J connectivity index is 2.55. The van der Waals surface area contributed by atoms with Gasteiger partial charge in [-0.1, -0.05) is 6.92 Å². The normalized spacial score (nSPS) is 10.7. The lowest BCUT2D eigenvalue weighted by Gasteiger charge is -2.11. The van der Waals surface area contributed by atoms with Gasteiger partial charge in [-0.25, -0.2) is 9.97 Å². The molecule has 18 heavy (non-hydrogen) atoms. The summed E-state index contributed by atoms with van der Waals surface area (Å²) >= 11 is 2.30.